The van der Waals surface area contributed by atoms with Crippen LogP contribution in [0.5, 0.6) is 0 Å². The van der Waals surface area contributed by atoms with Crippen molar-refractivity contribution in [3.63, 3.8) is 0 Å². The Bertz CT molecular complexity index is 779. The molecule has 0 bridgehead atoms. The monoisotopic (exact) mass is 381 g/mol. The molecule has 7 nitrogen and oxygen atoms in total. The molecule has 1 aliphatic heterocycles. The van der Waals surface area contributed by atoms with Gasteiger partial charge in [-0.3, -0.25) is 9.78 Å². The average Bonchev–Trinajstić information content (AvgIpc) is 2.72. The SMILES string of the molecule is C[C@@H]1CCCN(C(=O)c2ccc(NC(=O)NCCNc3cccnc3)cc2)C1. The molecule has 1 aromatic carbocycles. The molecule has 3 N–H and O–H groups in total. The molecule has 28 heavy (non-hydrogen) atoms. The molecule has 1 aliphatic rings. The summed E-state index contributed by atoms with van der Waals surface area (Å²) in [6.07, 6.45) is 5.68. The Morgan fingerprint density at radius 2 is 1.96 bits per heavy atom. The second-order valence-corrected chi connectivity index (χ2v) is 7.13. The predicted octanol–water partition coefficient (Wildman–Crippen LogP) is 3.19. The Labute approximate surface area is 165 Å². The van der Waals surface area contributed by atoms with Gasteiger partial charge in [-0.25, -0.2) is 4.79 Å². The minimum atomic E-state index is -0.281. The molecule has 0 spiro atoms. The average molecular weight is 381 g/mol. The van der Waals surface area contributed by atoms with Crippen LogP contribution in [0, 0.1) is 5.92 Å². The van der Waals surface area contributed by atoms with Gasteiger partial charge in [-0.05, 0) is 55.2 Å². The number of hydrogen-bond donors (Lipinski definition) is 3. The maximum Gasteiger partial charge on any atom is 0.319 e. The van der Waals surface area contributed by atoms with E-state index in [0.29, 0.717) is 30.3 Å². The number of benzene rings is 1. The zero-order valence-corrected chi connectivity index (χ0v) is 16.1. The van der Waals surface area contributed by atoms with E-state index in [1.54, 1.807) is 36.7 Å². The quantitative estimate of drug-likeness (QED) is 0.671. The number of amides is 3. The summed E-state index contributed by atoms with van der Waals surface area (Å²) < 4.78 is 0. The molecule has 0 radical (unpaired) electrons. The molecular formula is C21H27N5O2. The highest BCUT2D eigenvalue weighted by Gasteiger charge is 2.21. The molecule has 1 saturated heterocycles. The highest BCUT2D eigenvalue weighted by atomic mass is 16.2. The van der Waals surface area contributed by atoms with Gasteiger partial charge in [-0.2, -0.15) is 0 Å². The lowest BCUT2D eigenvalue weighted by Crippen LogP contribution is -2.39. The zero-order chi connectivity index (χ0) is 19.8. The summed E-state index contributed by atoms with van der Waals surface area (Å²) in [5.41, 5.74) is 2.22. The van der Waals surface area contributed by atoms with E-state index in [1.807, 2.05) is 17.0 Å². The summed E-state index contributed by atoms with van der Waals surface area (Å²) >= 11 is 0. The standard InChI is InChI=1S/C21H27N5O2/c1-16-4-3-13-26(15-16)20(27)17-6-8-18(9-7-17)25-21(28)24-12-11-23-19-5-2-10-22-14-19/h2,5-10,14,16,23H,3-4,11-13,15H2,1H3,(H2,24,25,28)/t16-/m1/s1. The fourth-order valence-electron chi connectivity index (χ4n) is 3.28. The second-order valence-electron chi connectivity index (χ2n) is 7.13. The highest BCUT2D eigenvalue weighted by molar-refractivity contribution is 5.95. The van der Waals surface area contributed by atoms with Crippen LogP contribution in [-0.4, -0.2) is 48.0 Å². The van der Waals surface area contributed by atoms with Crippen LogP contribution in [0.4, 0.5) is 16.2 Å². The van der Waals surface area contributed by atoms with Crippen LogP contribution in [0.15, 0.2) is 48.8 Å². The number of piperidine rings is 1. The first-order valence-corrected chi connectivity index (χ1v) is 9.70. The number of nitrogens with one attached hydrogen (secondary N) is 3. The van der Waals surface area contributed by atoms with Gasteiger partial charge in [0.2, 0.25) is 0 Å². The topological polar surface area (TPSA) is 86.4 Å². The summed E-state index contributed by atoms with van der Waals surface area (Å²) in [6.45, 7) is 4.88. The summed E-state index contributed by atoms with van der Waals surface area (Å²) in [4.78, 5) is 30.5. The molecule has 1 atom stereocenters. The molecule has 7 heteroatoms. The molecule has 3 amide bonds. The molecule has 3 rings (SSSR count). The Morgan fingerprint density at radius 3 is 2.68 bits per heavy atom. The van der Waals surface area contributed by atoms with Crippen molar-refractivity contribution < 1.29 is 9.59 Å². The maximum atomic E-state index is 12.6. The molecule has 148 valence electrons. The van der Waals surface area contributed by atoms with Crippen molar-refractivity contribution in [3.05, 3.63) is 54.4 Å². The van der Waals surface area contributed by atoms with E-state index >= 15 is 0 Å². The molecule has 0 aliphatic carbocycles. The van der Waals surface area contributed by atoms with Gasteiger partial charge in [0.25, 0.3) is 5.91 Å². The van der Waals surface area contributed by atoms with Gasteiger partial charge in [0, 0.05) is 49.8 Å². The number of carbonyl (C=O) groups is 2. The van der Waals surface area contributed by atoms with Gasteiger partial charge in [-0.1, -0.05) is 6.92 Å². The van der Waals surface area contributed by atoms with Crippen molar-refractivity contribution in [2.75, 3.05) is 36.8 Å². The summed E-state index contributed by atoms with van der Waals surface area (Å²) in [5, 5.41) is 8.74. The van der Waals surface area contributed by atoms with Crippen LogP contribution in [0.2, 0.25) is 0 Å². The lowest BCUT2D eigenvalue weighted by atomic mass is 9.99. The van der Waals surface area contributed by atoms with Crippen molar-refractivity contribution in [2.24, 2.45) is 5.92 Å². The van der Waals surface area contributed by atoms with E-state index < -0.39 is 0 Å². The highest BCUT2D eigenvalue weighted by Crippen LogP contribution is 2.19. The van der Waals surface area contributed by atoms with Crippen LogP contribution in [-0.2, 0) is 0 Å². The lowest BCUT2D eigenvalue weighted by Gasteiger charge is -2.31. The molecule has 2 heterocycles. The van der Waals surface area contributed by atoms with Gasteiger partial charge >= 0.3 is 6.03 Å². The number of nitrogens with zero attached hydrogens (tertiary/aromatic N) is 2. The Kier molecular flexibility index (Phi) is 6.84. The number of urea groups is 1. The summed E-state index contributed by atoms with van der Waals surface area (Å²) in [5.74, 6) is 0.610. The zero-order valence-electron chi connectivity index (χ0n) is 16.1. The molecule has 1 fully saturated rings. The fourth-order valence-corrected chi connectivity index (χ4v) is 3.28. The van der Waals surface area contributed by atoms with Crippen molar-refractivity contribution >= 4 is 23.3 Å². The Morgan fingerprint density at radius 1 is 1.14 bits per heavy atom. The van der Waals surface area contributed by atoms with Crippen LogP contribution < -0.4 is 16.0 Å². The van der Waals surface area contributed by atoms with Gasteiger partial charge in [0.05, 0.1) is 5.69 Å². The van der Waals surface area contributed by atoms with Gasteiger partial charge in [0.1, 0.15) is 0 Å². The Hall–Kier alpha value is -3.09. The summed E-state index contributed by atoms with van der Waals surface area (Å²) in [6, 6.07) is 10.5. The minimum absolute atomic E-state index is 0.0593. The molecule has 1 aromatic heterocycles. The lowest BCUT2D eigenvalue weighted by molar-refractivity contribution is 0.0683. The van der Waals surface area contributed by atoms with Crippen molar-refractivity contribution in [3.8, 4) is 0 Å². The second kappa shape index (κ2) is 9.73. The van der Waals surface area contributed by atoms with Gasteiger partial charge in [0.15, 0.2) is 0 Å². The first kappa shape index (κ1) is 19.7. The third-order valence-electron chi connectivity index (χ3n) is 4.74. The van der Waals surface area contributed by atoms with E-state index in [1.165, 1.54) is 6.42 Å². The number of anilines is 2. The maximum absolute atomic E-state index is 12.6. The number of carbonyl (C=O) groups excluding carboxylic acids is 2. The first-order valence-electron chi connectivity index (χ1n) is 9.70. The van der Waals surface area contributed by atoms with E-state index in [2.05, 4.69) is 27.9 Å². The first-order chi connectivity index (χ1) is 13.6. The number of rotatable bonds is 6. The molecule has 0 saturated carbocycles. The van der Waals surface area contributed by atoms with Crippen LogP contribution in [0.25, 0.3) is 0 Å². The van der Waals surface area contributed by atoms with Crippen LogP contribution in [0.1, 0.15) is 30.1 Å². The van der Waals surface area contributed by atoms with Crippen molar-refractivity contribution in [1.29, 1.82) is 0 Å². The minimum Gasteiger partial charge on any atom is -0.382 e. The summed E-state index contributed by atoms with van der Waals surface area (Å²) in [7, 11) is 0. The smallest absolute Gasteiger partial charge is 0.319 e. The van der Waals surface area contributed by atoms with E-state index in [9.17, 15) is 9.59 Å². The normalized spacial score (nSPS) is 16.3. The van der Waals surface area contributed by atoms with E-state index in [4.69, 9.17) is 0 Å². The third-order valence-corrected chi connectivity index (χ3v) is 4.74. The van der Waals surface area contributed by atoms with Gasteiger partial charge in [-0.15, -0.1) is 0 Å². The molecule has 0 unspecified atom stereocenters. The fraction of sp³-hybridized carbons (Fsp3) is 0.381. The number of likely N-dealkylation sites (tertiary alicyclic amines) is 1. The van der Waals surface area contributed by atoms with Crippen LogP contribution >= 0.6 is 0 Å². The van der Waals surface area contributed by atoms with Gasteiger partial charge < -0.3 is 20.9 Å². The molecule has 2 aromatic rings. The predicted molar refractivity (Wildman–Crippen MR) is 110 cm³/mol. The molecular weight excluding hydrogens is 354 g/mol. The van der Waals surface area contributed by atoms with Crippen molar-refractivity contribution in [2.45, 2.75) is 19.8 Å². The number of hydrogen-bond acceptors (Lipinski definition) is 4. The van der Waals surface area contributed by atoms with E-state index in [-0.39, 0.29) is 11.9 Å². The van der Waals surface area contributed by atoms with E-state index in [0.717, 1.165) is 25.2 Å². The Balaban J connectivity index is 1.42. The van der Waals surface area contributed by atoms with Crippen molar-refractivity contribution in [1.82, 2.24) is 15.2 Å². The third kappa shape index (κ3) is 5.70. The number of pyridine rings is 1. The number of aromatic nitrogens is 1. The van der Waals surface area contributed by atoms with Crippen LogP contribution in [0.3, 0.4) is 0 Å². The largest absolute Gasteiger partial charge is 0.382 e.